The van der Waals surface area contributed by atoms with E-state index in [9.17, 15) is 17.6 Å². The van der Waals surface area contributed by atoms with E-state index in [2.05, 4.69) is 4.98 Å². The molecule has 2 N–H and O–H groups in total. The van der Waals surface area contributed by atoms with E-state index in [-0.39, 0.29) is 29.7 Å². The summed E-state index contributed by atoms with van der Waals surface area (Å²) in [6.45, 7) is 1.74. The van der Waals surface area contributed by atoms with Crippen molar-refractivity contribution >= 4 is 21.7 Å². The van der Waals surface area contributed by atoms with Gasteiger partial charge in [0.15, 0.2) is 0 Å². The Morgan fingerprint density at radius 2 is 1.79 bits per heavy atom. The lowest BCUT2D eigenvalue weighted by atomic mass is 10.0. The number of rotatable bonds is 3. The number of carbonyl (C=O) groups is 1. The van der Waals surface area contributed by atoms with Gasteiger partial charge in [0, 0.05) is 38.3 Å². The van der Waals surface area contributed by atoms with Crippen LogP contribution in [0, 0.1) is 5.82 Å². The van der Waals surface area contributed by atoms with Crippen LogP contribution in [0.1, 0.15) is 34.5 Å². The van der Waals surface area contributed by atoms with E-state index in [1.54, 1.807) is 11.0 Å². The van der Waals surface area contributed by atoms with Gasteiger partial charge in [-0.05, 0) is 48.7 Å². The van der Waals surface area contributed by atoms with Crippen molar-refractivity contribution in [2.75, 3.05) is 25.4 Å². The van der Waals surface area contributed by atoms with Crippen molar-refractivity contribution in [3.63, 3.8) is 0 Å². The molecule has 1 saturated heterocycles. The number of nitrogens with two attached hydrogens (primary N) is 1. The van der Waals surface area contributed by atoms with Crippen LogP contribution < -0.4 is 5.73 Å². The molecule has 0 saturated carbocycles. The maximum absolute atomic E-state index is 13.1. The van der Waals surface area contributed by atoms with Crippen molar-refractivity contribution < 1.29 is 17.6 Å². The van der Waals surface area contributed by atoms with Gasteiger partial charge in [0.05, 0.1) is 10.5 Å². The molecule has 4 rings (SSSR count). The van der Waals surface area contributed by atoms with Crippen molar-refractivity contribution in [1.82, 2.24) is 14.2 Å². The molecule has 2 aliphatic rings. The van der Waals surface area contributed by atoms with E-state index >= 15 is 0 Å². The second kappa shape index (κ2) is 7.14. The van der Waals surface area contributed by atoms with Gasteiger partial charge in [-0.3, -0.25) is 4.79 Å². The molecule has 0 radical (unpaired) electrons. The van der Waals surface area contributed by atoms with Crippen LogP contribution in [-0.4, -0.2) is 48.1 Å². The predicted molar refractivity (Wildman–Crippen MR) is 101 cm³/mol. The number of aromatic nitrogens is 1. The molecular formula is C19H21FN4O3S. The molecule has 3 heterocycles. The van der Waals surface area contributed by atoms with Crippen LogP contribution in [-0.2, 0) is 23.0 Å². The number of fused-ring (bicyclic) bond motifs is 1. The molecule has 148 valence electrons. The first kappa shape index (κ1) is 18.8. The molecule has 28 heavy (non-hydrogen) atoms. The van der Waals surface area contributed by atoms with Gasteiger partial charge in [-0.1, -0.05) is 0 Å². The standard InChI is InChI=1S/C19H21FN4O3S/c20-14-3-5-15(6-4-14)28(26,27)24-10-7-17-13(12-24)11-16(18(21)22-17)19(25)23-8-1-2-9-23/h3-6,11H,1-2,7-10,12H2,(H2,21,22). The monoisotopic (exact) mass is 404 g/mol. The Morgan fingerprint density at radius 1 is 1.11 bits per heavy atom. The maximum Gasteiger partial charge on any atom is 0.257 e. The molecule has 0 atom stereocenters. The van der Waals surface area contributed by atoms with Crippen LogP contribution in [0.5, 0.6) is 0 Å². The number of pyridine rings is 1. The highest BCUT2D eigenvalue weighted by atomic mass is 32.2. The van der Waals surface area contributed by atoms with Gasteiger partial charge in [0.2, 0.25) is 10.0 Å². The number of nitrogen functional groups attached to an aromatic ring is 1. The number of nitrogens with zero attached hydrogens (tertiary/aromatic N) is 3. The van der Waals surface area contributed by atoms with E-state index in [0.717, 1.165) is 25.0 Å². The molecule has 2 aromatic rings. The number of hydrogen-bond donors (Lipinski definition) is 1. The summed E-state index contributed by atoms with van der Waals surface area (Å²) in [7, 11) is -3.77. The SMILES string of the molecule is Nc1nc2c(cc1C(=O)N1CCCC1)CN(S(=O)(=O)c1ccc(F)cc1)CC2. The Bertz CT molecular complexity index is 1020. The summed E-state index contributed by atoms with van der Waals surface area (Å²) in [6, 6.07) is 6.43. The fourth-order valence-electron chi connectivity index (χ4n) is 3.68. The number of hydrogen-bond acceptors (Lipinski definition) is 5. The Hall–Kier alpha value is -2.52. The normalized spacial score (nSPS) is 17.5. The zero-order valence-corrected chi connectivity index (χ0v) is 16.1. The van der Waals surface area contributed by atoms with Gasteiger partial charge in [-0.2, -0.15) is 4.31 Å². The van der Waals surface area contributed by atoms with Gasteiger partial charge < -0.3 is 10.6 Å². The molecule has 1 aromatic carbocycles. The fraction of sp³-hybridized carbons (Fsp3) is 0.368. The highest BCUT2D eigenvalue weighted by molar-refractivity contribution is 7.89. The third kappa shape index (κ3) is 3.35. The van der Waals surface area contributed by atoms with Crippen molar-refractivity contribution in [1.29, 1.82) is 0 Å². The average Bonchev–Trinajstić information content (AvgIpc) is 3.21. The molecule has 9 heteroatoms. The molecule has 0 spiro atoms. The second-order valence-corrected chi connectivity index (χ2v) is 9.01. The topological polar surface area (TPSA) is 96.6 Å². The van der Waals surface area contributed by atoms with E-state index in [1.165, 1.54) is 16.4 Å². The molecular weight excluding hydrogens is 383 g/mol. The van der Waals surface area contributed by atoms with Crippen molar-refractivity contribution in [2.24, 2.45) is 0 Å². The summed E-state index contributed by atoms with van der Waals surface area (Å²) >= 11 is 0. The molecule has 0 unspecified atom stereocenters. The summed E-state index contributed by atoms with van der Waals surface area (Å²) < 4.78 is 40.2. The van der Waals surface area contributed by atoms with Gasteiger partial charge >= 0.3 is 0 Å². The Balaban J connectivity index is 1.63. The first-order valence-electron chi connectivity index (χ1n) is 9.19. The largest absolute Gasteiger partial charge is 0.383 e. The first-order valence-corrected chi connectivity index (χ1v) is 10.6. The number of likely N-dealkylation sites (tertiary alicyclic amines) is 1. The highest BCUT2D eigenvalue weighted by Crippen LogP contribution is 2.27. The lowest BCUT2D eigenvalue weighted by molar-refractivity contribution is 0.0793. The Labute approximate surface area is 163 Å². The number of amides is 1. The van der Waals surface area contributed by atoms with E-state index in [1.807, 2.05) is 0 Å². The third-order valence-corrected chi connectivity index (χ3v) is 7.10. The maximum atomic E-state index is 13.1. The lowest BCUT2D eigenvalue weighted by Crippen LogP contribution is -2.37. The molecule has 7 nitrogen and oxygen atoms in total. The molecule has 1 fully saturated rings. The minimum absolute atomic E-state index is 0.0362. The van der Waals surface area contributed by atoms with Gasteiger partial charge in [0.25, 0.3) is 5.91 Å². The number of carbonyl (C=O) groups excluding carboxylic acids is 1. The van der Waals surface area contributed by atoms with Crippen LogP contribution in [0.25, 0.3) is 0 Å². The summed E-state index contributed by atoms with van der Waals surface area (Å²) in [5, 5.41) is 0. The number of benzene rings is 1. The number of halogens is 1. The van der Waals surface area contributed by atoms with Gasteiger partial charge in [0.1, 0.15) is 11.6 Å². The zero-order chi connectivity index (χ0) is 19.9. The first-order chi connectivity index (χ1) is 13.4. The molecule has 2 aliphatic heterocycles. The zero-order valence-electron chi connectivity index (χ0n) is 15.3. The summed E-state index contributed by atoms with van der Waals surface area (Å²) in [5.41, 5.74) is 7.72. The molecule has 1 aromatic heterocycles. The van der Waals surface area contributed by atoms with Crippen LogP contribution >= 0.6 is 0 Å². The van der Waals surface area contributed by atoms with Crippen molar-refractivity contribution in [3.8, 4) is 0 Å². The van der Waals surface area contributed by atoms with Gasteiger partial charge in [-0.25, -0.2) is 17.8 Å². The van der Waals surface area contributed by atoms with Crippen LogP contribution in [0.15, 0.2) is 35.2 Å². The quantitative estimate of drug-likeness (QED) is 0.841. The predicted octanol–water partition coefficient (Wildman–Crippen LogP) is 1.79. The summed E-state index contributed by atoms with van der Waals surface area (Å²) in [6.07, 6.45) is 2.33. The van der Waals surface area contributed by atoms with Crippen LogP contribution in [0.2, 0.25) is 0 Å². The Morgan fingerprint density at radius 3 is 2.46 bits per heavy atom. The Kier molecular flexibility index (Phi) is 4.80. The van der Waals surface area contributed by atoms with Crippen molar-refractivity contribution in [3.05, 3.63) is 53.0 Å². The second-order valence-electron chi connectivity index (χ2n) is 7.07. The average molecular weight is 404 g/mol. The molecule has 0 aliphatic carbocycles. The molecule has 0 bridgehead atoms. The summed E-state index contributed by atoms with van der Waals surface area (Å²) in [5.74, 6) is -0.470. The van der Waals surface area contributed by atoms with E-state index in [0.29, 0.717) is 36.3 Å². The van der Waals surface area contributed by atoms with Gasteiger partial charge in [-0.15, -0.1) is 0 Å². The smallest absolute Gasteiger partial charge is 0.257 e. The minimum atomic E-state index is -3.77. The third-order valence-electron chi connectivity index (χ3n) is 5.24. The number of anilines is 1. The fourth-order valence-corrected chi connectivity index (χ4v) is 5.10. The van der Waals surface area contributed by atoms with Crippen LogP contribution in [0.3, 0.4) is 0 Å². The molecule has 1 amide bonds. The van der Waals surface area contributed by atoms with Crippen LogP contribution in [0.4, 0.5) is 10.2 Å². The number of sulfonamides is 1. The van der Waals surface area contributed by atoms with E-state index in [4.69, 9.17) is 5.73 Å². The van der Waals surface area contributed by atoms with Crippen molar-refractivity contribution in [2.45, 2.75) is 30.7 Å². The summed E-state index contributed by atoms with van der Waals surface area (Å²) in [4.78, 5) is 18.9. The minimum Gasteiger partial charge on any atom is -0.383 e. The van der Waals surface area contributed by atoms with E-state index < -0.39 is 15.8 Å². The highest BCUT2D eigenvalue weighted by Gasteiger charge is 2.31. The lowest BCUT2D eigenvalue weighted by Gasteiger charge is -2.28.